The standard InChI is InChI=1S/C7H8N4O/c8-7(12)6-3-1-2-4-9-11-10-5-6/h1-5,11H,(H2,8,12). The quantitative estimate of drug-likeness (QED) is 0.614. The smallest absolute Gasteiger partial charge is 0.250 e. The van der Waals surface area contributed by atoms with E-state index in [0.717, 1.165) is 0 Å². The number of nitrogens with one attached hydrogen (secondary N) is 1. The van der Waals surface area contributed by atoms with E-state index in [4.69, 9.17) is 5.73 Å². The van der Waals surface area contributed by atoms with Crippen LogP contribution in [0, 0.1) is 0 Å². The first-order chi connectivity index (χ1) is 5.80. The third-order valence-electron chi connectivity index (χ3n) is 1.15. The molecule has 5 heteroatoms. The van der Waals surface area contributed by atoms with E-state index in [-0.39, 0.29) is 0 Å². The van der Waals surface area contributed by atoms with Crippen molar-refractivity contribution in [1.29, 1.82) is 0 Å². The first-order valence-electron chi connectivity index (χ1n) is 3.28. The Hall–Kier alpha value is -1.91. The molecule has 0 saturated carbocycles. The second-order valence-electron chi connectivity index (χ2n) is 2.01. The Kier molecular flexibility index (Phi) is 2.78. The molecule has 1 amide bonds. The summed E-state index contributed by atoms with van der Waals surface area (Å²) >= 11 is 0. The van der Waals surface area contributed by atoms with Gasteiger partial charge in [0, 0.05) is 6.20 Å². The Bertz CT molecular complexity index is 295. The van der Waals surface area contributed by atoms with E-state index in [1.807, 2.05) is 0 Å². The highest BCUT2D eigenvalue weighted by molar-refractivity contribution is 5.92. The minimum atomic E-state index is -0.521. The van der Waals surface area contributed by atoms with Crippen molar-refractivity contribution in [3.8, 4) is 0 Å². The van der Waals surface area contributed by atoms with Gasteiger partial charge in [0.15, 0.2) is 0 Å². The third-order valence-corrected chi connectivity index (χ3v) is 1.15. The molecule has 0 atom stereocenters. The highest BCUT2D eigenvalue weighted by atomic mass is 16.1. The maximum atomic E-state index is 10.7. The van der Waals surface area contributed by atoms with Gasteiger partial charge in [0.2, 0.25) is 5.91 Å². The SMILES string of the molecule is NC(=O)c1ccccn[nH]nc1. The molecule has 0 aliphatic heterocycles. The van der Waals surface area contributed by atoms with Crippen LogP contribution >= 0.6 is 0 Å². The largest absolute Gasteiger partial charge is 0.366 e. The molecule has 0 aromatic carbocycles. The van der Waals surface area contributed by atoms with Gasteiger partial charge in [0.05, 0.1) is 11.8 Å². The van der Waals surface area contributed by atoms with Crippen LogP contribution in [0.3, 0.4) is 0 Å². The number of hydrogen-bond donors (Lipinski definition) is 2. The predicted octanol–water partition coefficient (Wildman–Crippen LogP) is 0.0280. The first-order valence-corrected chi connectivity index (χ1v) is 3.28. The summed E-state index contributed by atoms with van der Waals surface area (Å²) in [6, 6.07) is 4.87. The number of amides is 1. The van der Waals surface area contributed by atoms with Gasteiger partial charge in [-0.1, -0.05) is 6.07 Å². The maximum Gasteiger partial charge on any atom is 0.250 e. The number of hydrogen-bond acceptors (Lipinski definition) is 3. The van der Waals surface area contributed by atoms with Crippen LogP contribution in [0.5, 0.6) is 0 Å². The van der Waals surface area contributed by atoms with Crippen molar-refractivity contribution in [2.75, 3.05) is 0 Å². The third kappa shape index (κ3) is 2.37. The van der Waals surface area contributed by atoms with E-state index in [1.165, 1.54) is 12.4 Å². The topological polar surface area (TPSA) is 84.7 Å². The van der Waals surface area contributed by atoms with Crippen LogP contribution in [0.2, 0.25) is 0 Å². The molecule has 0 radical (unpaired) electrons. The molecular weight excluding hydrogens is 156 g/mol. The number of rotatable bonds is 1. The van der Waals surface area contributed by atoms with E-state index in [2.05, 4.69) is 15.4 Å². The number of nitrogens with two attached hydrogens (primary N) is 1. The van der Waals surface area contributed by atoms with Crippen molar-refractivity contribution >= 4 is 5.91 Å². The molecule has 62 valence electrons. The van der Waals surface area contributed by atoms with Gasteiger partial charge in [0.25, 0.3) is 0 Å². The summed E-state index contributed by atoms with van der Waals surface area (Å²) in [5.74, 6) is -0.521. The maximum absolute atomic E-state index is 10.7. The fraction of sp³-hybridized carbons (Fsp3) is 0. The molecule has 0 aliphatic carbocycles. The fourth-order valence-corrected chi connectivity index (χ4v) is 0.606. The van der Waals surface area contributed by atoms with Crippen molar-refractivity contribution in [3.63, 3.8) is 0 Å². The molecule has 0 aliphatic rings. The van der Waals surface area contributed by atoms with Crippen LogP contribution in [0.15, 0.2) is 30.6 Å². The molecule has 12 heavy (non-hydrogen) atoms. The summed E-state index contributed by atoms with van der Waals surface area (Å²) in [4.78, 5) is 10.7. The van der Waals surface area contributed by atoms with Gasteiger partial charge in [-0.2, -0.15) is 15.4 Å². The average molecular weight is 164 g/mol. The number of aromatic nitrogens is 3. The number of H-pyrrole nitrogens is 1. The number of primary amides is 1. The van der Waals surface area contributed by atoms with Gasteiger partial charge >= 0.3 is 0 Å². The molecule has 1 aromatic rings. The van der Waals surface area contributed by atoms with Gasteiger partial charge in [0.1, 0.15) is 0 Å². The monoisotopic (exact) mass is 164 g/mol. The summed E-state index contributed by atoms with van der Waals surface area (Å²) in [6.07, 6.45) is 2.83. The van der Waals surface area contributed by atoms with Crippen molar-refractivity contribution in [2.24, 2.45) is 5.73 Å². The molecule has 0 bridgehead atoms. The van der Waals surface area contributed by atoms with Crippen LogP contribution in [0.1, 0.15) is 10.4 Å². The van der Waals surface area contributed by atoms with Crippen LogP contribution in [0.25, 0.3) is 0 Å². The summed E-state index contributed by atoms with van der Waals surface area (Å²) in [6.45, 7) is 0. The average Bonchev–Trinajstić information content (AvgIpc) is 2.15. The Morgan fingerprint density at radius 2 is 2.25 bits per heavy atom. The Morgan fingerprint density at radius 3 is 3.00 bits per heavy atom. The summed E-state index contributed by atoms with van der Waals surface area (Å²) < 4.78 is 0. The highest BCUT2D eigenvalue weighted by Crippen LogP contribution is 1.88. The lowest BCUT2D eigenvalue weighted by molar-refractivity contribution is 0.1000. The predicted molar refractivity (Wildman–Crippen MR) is 42.5 cm³/mol. The fourth-order valence-electron chi connectivity index (χ4n) is 0.606. The van der Waals surface area contributed by atoms with Crippen LogP contribution < -0.4 is 5.73 Å². The zero-order chi connectivity index (χ0) is 8.81. The highest BCUT2D eigenvalue weighted by Gasteiger charge is 1.93. The number of aromatic amines is 1. The van der Waals surface area contributed by atoms with Gasteiger partial charge in [-0.25, -0.2) is 0 Å². The Labute approximate surface area is 68.9 Å². The molecule has 0 saturated heterocycles. The minimum Gasteiger partial charge on any atom is -0.366 e. The first kappa shape index (κ1) is 8.19. The zero-order valence-corrected chi connectivity index (χ0v) is 6.27. The van der Waals surface area contributed by atoms with E-state index < -0.39 is 5.91 Å². The molecule has 0 unspecified atom stereocenters. The van der Waals surface area contributed by atoms with E-state index in [0.29, 0.717) is 5.56 Å². The minimum absolute atomic E-state index is 0.323. The molecular formula is C7H8N4O. The lowest BCUT2D eigenvalue weighted by atomic mass is 10.3. The molecule has 5 nitrogen and oxygen atoms in total. The second kappa shape index (κ2) is 4.07. The summed E-state index contributed by atoms with van der Waals surface area (Å²) in [5, 5.41) is 9.60. The van der Waals surface area contributed by atoms with Gasteiger partial charge in [-0.15, -0.1) is 0 Å². The molecule has 1 rings (SSSR count). The van der Waals surface area contributed by atoms with Crippen LogP contribution in [-0.4, -0.2) is 21.3 Å². The molecule has 0 spiro atoms. The van der Waals surface area contributed by atoms with Crippen molar-refractivity contribution in [3.05, 3.63) is 36.2 Å². The number of carbonyl (C=O) groups is 1. The normalized spacial score (nSPS) is 8.67. The van der Waals surface area contributed by atoms with E-state index in [1.54, 1.807) is 18.2 Å². The van der Waals surface area contributed by atoms with Gasteiger partial charge in [-0.3, -0.25) is 4.79 Å². The molecule has 1 aromatic heterocycles. The van der Waals surface area contributed by atoms with Crippen LogP contribution in [-0.2, 0) is 0 Å². The lowest BCUT2D eigenvalue weighted by Gasteiger charge is -1.85. The molecule has 0 fully saturated rings. The number of carbonyl (C=O) groups excluding carboxylic acids is 1. The number of nitrogens with zero attached hydrogens (tertiary/aromatic N) is 2. The van der Waals surface area contributed by atoms with E-state index >= 15 is 0 Å². The summed E-state index contributed by atoms with van der Waals surface area (Å²) in [7, 11) is 0. The molecule has 3 N–H and O–H groups in total. The Morgan fingerprint density at radius 1 is 1.42 bits per heavy atom. The van der Waals surface area contributed by atoms with Crippen molar-refractivity contribution in [1.82, 2.24) is 15.4 Å². The lowest BCUT2D eigenvalue weighted by Crippen LogP contribution is -2.10. The van der Waals surface area contributed by atoms with Crippen molar-refractivity contribution in [2.45, 2.75) is 0 Å². The zero-order valence-electron chi connectivity index (χ0n) is 6.27. The van der Waals surface area contributed by atoms with E-state index in [9.17, 15) is 4.79 Å². The van der Waals surface area contributed by atoms with Crippen molar-refractivity contribution < 1.29 is 4.79 Å². The summed E-state index contributed by atoms with van der Waals surface area (Å²) in [5.41, 5.74) is 5.36. The second-order valence-corrected chi connectivity index (χ2v) is 2.01. The van der Waals surface area contributed by atoms with Gasteiger partial charge in [-0.05, 0) is 12.1 Å². The van der Waals surface area contributed by atoms with Gasteiger partial charge < -0.3 is 5.73 Å². The molecule has 1 heterocycles. The van der Waals surface area contributed by atoms with Crippen LogP contribution in [0.4, 0.5) is 0 Å². The Balaban J connectivity index is 3.19.